The Labute approximate surface area is 189 Å². The quantitative estimate of drug-likeness (QED) is 0.233. The lowest BCUT2D eigenvalue weighted by molar-refractivity contribution is 0.0376. The zero-order valence-electron chi connectivity index (χ0n) is 16.6. The third-order valence-electron chi connectivity index (χ3n) is 4.52. The topological polar surface area (TPSA) is 85.0 Å². The molecule has 29 heavy (non-hydrogen) atoms. The van der Waals surface area contributed by atoms with Crippen LogP contribution < -0.4 is 15.8 Å². The van der Waals surface area contributed by atoms with Crippen molar-refractivity contribution in [3.63, 3.8) is 0 Å². The second-order valence-corrected chi connectivity index (χ2v) is 6.71. The van der Waals surface area contributed by atoms with Gasteiger partial charge in [0.2, 0.25) is 5.88 Å². The first-order valence-electron chi connectivity index (χ1n) is 9.75. The number of guanidine groups is 1. The van der Waals surface area contributed by atoms with E-state index in [1.165, 1.54) is 0 Å². The van der Waals surface area contributed by atoms with Gasteiger partial charge in [0, 0.05) is 31.9 Å². The lowest BCUT2D eigenvalue weighted by Gasteiger charge is -2.26. The van der Waals surface area contributed by atoms with E-state index in [2.05, 4.69) is 20.2 Å². The Morgan fingerprint density at radius 2 is 1.97 bits per heavy atom. The minimum Gasteiger partial charge on any atom is -0.473 e. The monoisotopic (exact) mass is 511 g/mol. The summed E-state index contributed by atoms with van der Waals surface area (Å²) in [5, 5.41) is 3.18. The number of morpholine rings is 1. The van der Waals surface area contributed by atoms with E-state index in [-0.39, 0.29) is 24.0 Å². The molecule has 0 atom stereocenters. The van der Waals surface area contributed by atoms with Crippen LogP contribution in [0.2, 0.25) is 0 Å². The van der Waals surface area contributed by atoms with Crippen molar-refractivity contribution in [1.29, 1.82) is 0 Å². The van der Waals surface area contributed by atoms with Crippen LogP contribution in [0.3, 0.4) is 0 Å². The highest BCUT2D eigenvalue weighted by molar-refractivity contribution is 14.0. The molecule has 0 spiro atoms. The van der Waals surface area contributed by atoms with Crippen LogP contribution in [0, 0.1) is 0 Å². The molecule has 1 aliphatic heterocycles. The van der Waals surface area contributed by atoms with Crippen molar-refractivity contribution in [3.05, 3.63) is 59.8 Å². The van der Waals surface area contributed by atoms with Gasteiger partial charge in [-0.15, -0.1) is 24.0 Å². The Hall–Kier alpha value is -1.91. The van der Waals surface area contributed by atoms with Crippen molar-refractivity contribution >= 4 is 29.9 Å². The van der Waals surface area contributed by atoms with Crippen molar-refractivity contribution in [2.45, 2.75) is 19.6 Å². The van der Waals surface area contributed by atoms with E-state index in [1.54, 1.807) is 6.20 Å². The molecular formula is C21H30IN5O2. The maximum Gasteiger partial charge on any atom is 0.213 e. The van der Waals surface area contributed by atoms with Crippen LogP contribution in [0.4, 0.5) is 0 Å². The van der Waals surface area contributed by atoms with E-state index >= 15 is 0 Å². The summed E-state index contributed by atoms with van der Waals surface area (Å²) in [5.74, 6) is 1.05. The number of nitrogens with zero attached hydrogens (tertiary/aromatic N) is 3. The molecule has 2 aromatic rings. The van der Waals surface area contributed by atoms with Gasteiger partial charge in [0.1, 0.15) is 6.61 Å². The van der Waals surface area contributed by atoms with Crippen molar-refractivity contribution in [3.8, 4) is 5.88 Å². The van der Waals surface area contributed by atoms with Crippen LogP contribution in [0.15, 0.2) is 53.7 Å². The molecule has 8 heteroatoms. The molecule has 1 aromatic heterocycles. The number of rotatable bonds is 9. The van der Waals surface area contributed by atoms with Gasteiger partial charge in [-0.05, 0) is 30.2 Å². The number of aromatic nitrogens is 1. The van der Waals surface area contributed by atoms with Gasteiger partial charge in [0.15, 0.2) is 5.96 Å². The number of hydrogen-bond donors (Lipinski definition) is 2. The number of hydrogen-bond acceptors (Lipinski definition) is 5. The number of nitrogens with two attached hydrogens (primary N) is 1. The summed E-state index contributed by atoms with van der Waals surface area (Å²) in [5.41, 5.74) is 8.09. The fraction of sp³-hybridized carbons (Fsp3) is 0.429. The second-order valence-electron chi connectivity index (χ2n) is 6.71. The van der Waals surface area contributed by atoms with Gasteiger partial charge in [-0.25, -0.2) is 9.98 Å². The van der Waals surface area contributed by atoms with Gasteiger partial charge in [-0.3, -0.25) is 4.90 Å². The standard InChI is InChI=1S/C21H29N5O2.HI/c22-21(24-8-4-10-26-11-13-27-14-12-26)25-16-19-7-9-23-20(15-19)28-17-18-5-2-1-3-6-18;/h1-3,5-7,9,15H,4,8,10-14,16-17H2,(H3,22,24,25);1H. The molecular weight excluding hydrogens is 481 g/mol. The van der Waals surface area contributed by atoms with E-state index in [1.807, 2.05) is 42.5 Å². The molecule has 0 radical (unpaired) electrons. The molecule has 158 valence electrons. The molecule has 1 saturated heterocycles. The summed E-state index contributed by atoms with van der Waals surface area (Å²) in [6.45, 7) is 6.55. The number of aliphatic imine (C=N–C) groups is 1. The molecule has 0 saturated carbocycles. The Morgan fingerprint density at radius 3 is 2.76 bits per heavy atom. The molecule has 1 aliphatic rings. The maximum atomic E-state index is 5.97. The maximum absolute atomic E-state index is 5.97. The van der Waals surface area contributed by atoms with Gasteiger partial charge < -0.3 is 20.5 Å². The number of halogens is 1. The van der Waals surface area contributed by atoms with Gasteiger partial charge in [0.25, 0.3) is 0 Å². The third kappa shape index (κ3) is 8.97. The number of pyridine rings is 1. The van der Waals surface area contributed by atoms with Crippen molar-refractivity contribution < 1.29 is 9.47 Å². The molecule has 1 fully saturated rings. The smallest absolute Gasteiger partial charge is 0.213 e. The SMILES string of the molecule is I.NC(=NCc1ccnc(OCc2ccccc2)c1)NCCCN1CCOCC1. The Morgan fingerprint density at radius 1 is 1.17 bits per heavy atom. The highest BCUT2D eigenvalue weighted by Gasteiger charge is 2.09. The summed E-state index contributed by atoms with van der Waals surface area (Å²) in [7, 11) is 0. The van der Waals surface area contributed by atoms with Gasteiger partial charge in [0.05, 0.1) is 19.8 Å². The average Bonchev–Trinajstić information content (AvgIpc) is 2.76. The molecule has 1 aromatic carbocycles. The van der Waals surface area contributed by atoms with Crippen LogP contribution in [0.5, 0.6) is 5.88 Å². The Balaban J connectivity index is 0.00000300. The van der Waals surface area contributed by atoms with Crippen LogP contribution in [0.1, 0.15) is 17.5 Å². The number of benzene rings is 1. The third-order valence-corrected chi connectivity index (χ3v) is 4.52. The number of nitrogens with one attached hydrogen (secondary N) is 1. The molecule has 0 amide bonds. The lowest BCUT2D eigenvalue weighted by atomic mass is 10.2. The fourth-order valence-electron chi connectivity index (χ4n) is 2.94. The first-order chi connectivity index (χ1) is 13.8. The van der Waals surface area contributed by atoms with Crippen LogP contribution in [-0.4, -0.2) is 55.2 Å². The zero-order valence-corrected chi connectivity index (χ0v) is 19.0. The molecule has 0 aliphatic carbocycles. The predicted octanol–water partition coefficient (Wildman–Crippen LogP) is 2.41. The molecule has 3 N–H and O–H groups in total. The highest BCUT2D eigenvalue weighted by atomic mass is 127. The minimum absolute atomic E-state index is 0. The first-order valence-corrected chi connectivity index (χ1v) is 9.75. The van der Waals surface area contributed by atoms with Gasteiger partial charge in [-0.2, -0.15) is 0 Å². The van der Waals surface area contributed by atoms with Crippen molar-refractivity contribution in [2.75, 3.05) is 39.4 Å². The molecule has 0 bridgehead atoms. The fourth-order valence-corrected chi connectivity index (χ4v) is 2.94. The number of ether oxygens (including phenoxy) is 2. The van der Waals surface area contributed by atoms with Crippen LogP contribution >= 0.6 is 24.0 Å². The lowest BCUT2D eigenvalue weighted by Crippen LogP contribution is -2.39. The predicted molar refractivity (Wildman–Crippen MR) is 126 cm³/mol. The van der Waals surface area contributed by atoms with E-state index < -0.39 is 0 Å². The highest BCUT2D eigenvalue weighted by Crippen LogP contribution is 2.12. The Bertz CT molecular complexity index is 739. The van der Waals surface area contributed by atoms with Crippen molar-refractivity contribution in [2.24, 2.45) is 10.7 Å². The van der Waals surface area contributed by atoms with Gasteiger partial charge in [-0.1, -0.05) is 30.3 Å². The first kappa shape index (κ1) is 23.4. The van der Waals surface area contributed by atoms with Crippen LogP contribution in [0.25, 0.3) is 0 Å². The summed E-state index contributed by atoms with van der Waals surface area (Å²) < 4.78 is 11.1. The van der Waals surface area contributed by atoms with Crippen LogP contribution in [-0.2, 0) is 17.9 Å². The van der Waals surface area contributed by atoms with E-state index in [0.717, 1.165) is 56.9 Å². The minimum atomic E-state index is 0. The average molecular weight is 511 g/mol. The summed E-state index contributed by atoms with van der Waals surface area (Å²) in [4.78, 5) is 11.1. The molecule has 3 rings (SSSR count). The molecule has 7 nitrogen and oxygen atoms in total. The molecule has 2 heterocycles. The summed E-state index contributed by atoms with van der Waals surface area (Å²) >= 11 is 0. The summed E-state index contributed by atoms with van der Waals surface area (Å²) in [6, 6.07) is 13.9. The Kier molecular flexibility index (Phi) is 10.7. The van der Waals surface area contributed by atoms with E-state index in [9.17, 15) is 0 Å². The second kappa shape index (κ2) is 13.3. The summed E-state index contributed by atoms with van der Waals surface area (Å²) in [6.07, 6.45) is 2.76. The van der Waals surface area contributed by atoms with Gasteiger partial charge >= 0.3 is 0 Å². The largest absolute Gasteiger partial charge is 0.473 e. The normalized spacial score (nSPS) is 14.8. The van der Waals surface area contributed by atoms with E-state index in [4.69, 9.17) is 15.2 Å². The van der Waals surface area contributed by atoms with E-state index in [0.29, 0.717) is 25.0 Å². The zero-order chi connectivity index (χ0) is 19.4. The molecule has 0 unspecified atom stereocenters. The van der Waals surface area contributed by atoms with Crippen molar-refractivity contribution in [1.82, 2.24) is 15.2 Å².